The topological polar surface area (TPSA) is 42.2 Å². The van der Waals surface area contributed by atoms with Crippen molar-refractivity contribution in [3.63, 3.8) is 0 Å². The first-order chi connectivity index (χ1) is 10.0. The molecule has 0 unspecified atom stereocenters. The van der Waals surface area contributed by atoms with E-state index in [1.165, 1.54) is 0 Å². The molecule has 0 saturated heterocycles. The van der Waals surface area contributed by atoms with Gasteiger partial charge in [-0.3, -0.25) is 4.79 Å². The number of rotatable bonds is 2. The number of amides is 1. The Hall–Kier alpha value is -1.49. The Morgan fingerprint density at radius 2 is 1.95 bits per heavy atom. The van der Waals surface area contributed by atoms with Gasteiger partial charge < -0.3 is 9.73 Å². The van der Waals surface area contributed by atoms with E-state index in [-0.39, 0.29) is 11.7 Å². The zero-order valence-electron chi connectivity index (χ0n) is 10.5. The molecule has 0 fully saturated rings. The molecule has 0 saturated carbocycles. The van der Waals surface area contributed by atoms with Crippen LogP contribution in [0.3, 0.4) is 0 Å². The van der Waals surface area contributed by atoms with Gasteiger partial charge in [-0.25, -0.2) is 0 Å². The smallest absolute Gasteiger partial charge is 0.291 e. The second kappa shape index (κ2) is 5.72. The van der Waals surface area contributed by atoms with Gasteiger partial charge in [0, 0.05) is 14.9 Å². The lowest BCUT2D eigenvalue weighted by Crippen LogP contribution is -2.11. The maximum atomic E-state index is 12.2. The molecular weight excluding hydrogens is 377 g/mol. The summed E-state index contributed by atoms with van der Waals surface area (Å²) in [5, 5.41) is 4.41. The molecule has 0 aliphatic rings. The fourth-order valence-corrected chi connectivity index (χ4v) is 2.71. The van der Waals surface area contributed by atoms with Crippen molar-refractivity contribution in [2.24, 2.45) is 0 Å². The van der Waals surface area contributed by atoms with Gasteiger partial charge in [0.05, 0.1) is 10.7 Å². The number of hydrogen-bond acceptors (Lipinski definition) is 2. The van der Waals surface area contributed by atoms with Crippen LogP contribution in [0.25, 0.3) is 11.0 Å². The van der Waals surface area contributed by atoms with Crippen molar-refractivity contribution in [1.82, 2.24) is 0 Å². The molecule has 21 heavy (non-hydrogen) atoms. The molecule has 106 valence electrons. The Balaban J connectivity index is 1.93. The fraction of sp³-hybridized carbons (Fsp3) is 0. The van der Waals surface area contributed by atoms with Crippen molar-refractivity contribution in [1.29, 1.82) is 0 Å². The quantitative estimate of drug-likeness (QED) is 0.610. The van der Waals surface area contributed by atoms with Crippen LogP contribution in [0, 0.1) is 0 Å². The summed E-state index contributed by atoms with van der Waals surface area (Å²) in [6.45, 7) is 0. The van der Waals surface area contributed by atoms with Gasteiger partial charge in [0.25, 0.3) is 5.91 Å². The molecule has 1 N–H and O–H groups in total. The summed E-state index contributed by atoms with van der Waals surface area (Å²) in [6.07, 6.45) is 0. The van der Waals surface area contributed by atoms with Gasteiger partial charge in [-0.2, -0.15) is 0 Å². The number of anilines is 1. The van der Waals surface area contributed by atoms with Gasteiger partial charge in [-0.1, -0.05) is 45.2 Å². The molecule has 1 amide bonds. The van der Waals surface area contributed by atoms with Gasteiger partial charge in [-0.15, -0.1) is 0 Å². The van der Waals surface area contributed by atoms with E-state index in [0.29, 0.717) is 21.3 Å². The summed E-state index contributed by atoms with van der Waals surface area (Å²) in [7, 11) is 0. The van der Waals surface area contributed by atoms with Crippen LogP contribution in [0.5, 0.6) is 0 Å². The average molecular weight is 385 g/mol. The minimum atomic E-state index is -0.387. The van der Waals surface area contributed by atoms with Crippen molar-refractivity contribution in [3.05, 3.63) is 62.7 Å². The molecule has 0 bridgehead atoms. The number of carbonyl (C=O) groups is 1. The van der Waals surface area contributed by atoms with E-state index in [4.69, 9.17) is 27.6 Å². The van der Waals surface area contributed by atoms with Crippen LogP contribution in [0.4, 0.5) is 5.69 Å². The van der Waals surface area contributed by atoms with Crippen molar-refractivity contribution >= 4 is 61.7 Å². The van der Waals surface area contributed by atoms with Crippen molar-refractivity contribution in [2.75, 3.05) is 5.32 Å². The van der Waals surface area contributed by atoms with Gasteiger partial charge in [0.15, 0.2) is 5.76 Å². The third-order valence-corrected chi connectivity index (χ3v) is 4.16. The van der Waals surface area contributed by atoms with Gasteiger partial charge in [0.1, 0.15) is 5.58 Å². The van der Waals surface area contributed by atoms with E-state index in [2.05, 4.69) is 21.2 Å². The van der Waals surface area contributed by atoms with Crippen LogP contribution in [0.15, 0.2) is 51.4 Å². The van der Waals surface area contributed by atoms with Crippen molar-refractivity contribution in [3.8, 4) is 0 Å². The zero-order chi connectivity index (χ0) is 15.0. The van der Waals surface area contributed by atoms with Gasteiger partial charge >= 0.3 is 0 Å². The zero-order valence-corrected chi connectivity index (χ0v) is 13.6. The Morgan fingerprint density at radius 1 is 1.14 bits per heavy atom. The minimum absolute atomic E-state index is 0.202. The molecule has 3 aromatic rings. The largest absolute Gasteiger partial charge is 0.451 e. The standard InChI is InChI=1S/C15H8BrCl2NO2/c16-10-2-1-3-13-9(10)7-14(21-13)15(20)19-12-6-8(17)4-5-11(12)18/h1-7H,(H,19,20). The summed E-state index contributed by atoms with van der Waals surface area (Å²) in [5.41, 5.74) is 1.07. The van der Waals surface area contributed by atoms with Crippen LogP contribution in [0.2, 0.25) is 10.0 Å². The highest BCUT2D eigenvalue weighted by Crippen LogP contribution is 2.29. The van der Waals surface area contributed by atoms with Crippen molar-refractivity contribution < 1.29 is 9.21 Å². The minimum Gasteiger partial charge on any atom is -0.451 e. The maximum absolute atomic E-state index is 12.2. The molecule has 3 rings (SSSR count). The molecule has 0 spiro atoms. The first-order valence-corrected chi connectivity index (χ1v) is 7.54. The molecule has 1 heterocycles. The highest BCUT2D eigenvalue weighted by atomic mass is 79.9. The summed E-state index contributed by atoms with van der Waals surface area (Å²) in [5.74, 6) is -0.185. The number of benzene rings is 2. The lowest BCUT2D eigenvalue weighted by atomic mass is 10.2. The number of furan rings is 1. The normalized spacial score (nSPS) is 10.8. The van der Waals surface area contributed by atoms with Gasteiger partial charge in [-0.05, 0) is 36.4 Å². The third-order valence-electron chi connectivity index (χ3n) is 2.91. The van der Waals surface area contributed by atoms with Crippen molar-refractivity contribution in [2.45, 2.75) is 0 Å². The predicted octanol–water partition coefficient (Wildman–Crippen LogP) is 5.75. The Labute approximate surface area is 139 Å². The number of halogens is 3. The van der Waals surface area contributed by atoms with Gasteiger partial charge in [0.2, 0.25) is 0 Å². The first-order valence-electron chi connectivity index (χ1n) is 5.99. The second-order valence-electron chi connectivity index (χ2n) is 4.34. The Kier molecular flexibility index (Phi) is 3.93. The molecular formula is C15H8BrCl2NO2. The number of fused-ring (bicyclic) bond motifs is 1. The van der Waals surface area contributed by atoms with E-state index in [0.717, 1.165) is 9.86 Å². The molecule has 1 aromatic heterocycles. The highest BCUT2D eigenvalue weighted by Gasteiger charge is 2.15. The van der Waals surface area contributed by atoms with E-state index in [9.17, 15) is 4.79 Å². The molecule has 0 aliphatic heterocycles. The SMILES string of the molecule is O=C(Nc1cc(Cl)ccc1Cl)c1cc2c(Br)cccc2o1. The number of hydrogen-bond donors (Lipinski definition) is 1. The summed E-state index contributed by atoms with van der Waals surface area (Å²) in [6, 6.07) is 12.0. The molecule has 2 aromatic carbocycles. The number of carbonyl (C=O) groups excluding carboxylic acids is 1. The molecule has 0 radical (unpaired) electrons. The summed E-state index contributed by atoms with van der Waals surface area (Å²) in [4.78, 5) is 12.2. The lowest BCUT2D eigenvalue weighted by molar-refractivity contribution is 0.0998. The monoisotopic (exact) mass is 383 g/mol. The molecule has 0 aliphatic carbocycles. The van der Waals surface area contributed by atoms with E-state index in [1.54, 1.807) is 30.3 Å². The van der Waals surface area contributed by atoms with Crippen LogP contribution < -0.4 is 5.32 Å². The lowest BCUT2D eigenvalue weighted by Gasteiger charge is -2.05. The van der Waals surface area contributed by atoms with Crippen LogP contribution in [-0.4, -0.2) is 5.91 Å². The first kappa shape index (κ1) is 14.4. The maximum Gasteiger partial charge on any atom is 0.291 e. The average Bonchev–Trinajstić information content (AvgIpc) is 2.88. The Morgan fingerprint density at radius 3 is 2.71 bits per heavy atom. The number of nitrogens with one attached hydrogen (secondary N) is 1. The Bertz CT molecular complexity index is 845. The van der Waals surface area contributed by atoms with E-state index in [1.807, 2.05) is 12.1 Å². The molecule has 6 heteroatoms. The van der Waals surface area contributed by atoms with E-state index >= 15 is 0 Å². The molecule has 3 nitrogen and oxygen atoms in total. The predicted molar refractivity (Wildman–Crippen MR) is 88.3 cm³/mol. The highest BCUT2D eigenvalue weighted by molar-refractivity contribution is 9.10. The fourth-order valence-electron chi connectivity index (χ4n) is 1.91. The van der Waals surface area contributed by atoms with E-state index < -0.39 is 0 Å². The van der Waals surface area contributed by atoms with Crippen LogP contribution in [-0.2, 0) is 0 Å². The summed E-state index contributed by atoms with van der Waals surface area (Å²) >= 11 is 15.3. The van der Waals surface area contributed by atoms with Crippen LogP contribution >= 0.6 is 39.1 Å². The summed E-state index contributed by atoms with van der Waals surface area (Å²) < 4.78 is 6.40. The second-order valence-corrected chi connectivity index (χ2v) is 6.04. The third kappa shape index (κ3) is 2.93. The molecule has 0 atom stereocenters. The van der Waals surface area contributed by atoms with Crippen LogP contribution in [0.1, 0.15) is 10.6 Å².